The highest BCUT2D eigenvalue weighted by Gasteiger charge is 2.62. The number of hydrogen-bond donors (Lipinski definition) is 0. The van der Waals surface area contributed by atoms with Gasteiger partial charge >= 0.3 is 0 Å². The third-order valence-electron chi connectivity index (χ3n) is 7.64. The highest BCUT2D eigenvalue weighted by atomic mass is 19.1. The van der Waals surface area contributed by atoms with Crippen molar-refractivity contribution in [3.63, 3.8) is 0 Å². The van der Waals surface area contributed by atoms with Crippen molar-refractivity contribution < 1.29 is 28.4 Å². The highest BCUT2D eigenvalue weighted by molar-refractivity contribution is 5.23. The maximum Gasteiger partial charge on any atom is 0.204 e. The van der Waals surface area contributed by atoms with Gasteiger partial charge in [-0.15, -0.1) is 0 Å². The number of methoxy groups -OCH3 is 1. The van der Waals surface area contributed by atoms with Gasteiger partial charge in [0.15, 0.2) is 11.9 Å². The van der Waals surface area contributed by atoms with Crippen LogP contribution in [-0.2, 0) is 43.6 Å². The maximum absolute atomic E-state index is 13.0. The van der Waals surface area contributed by atoms with E-state index in [9.17, 15) is 4.39 Å². The number of hydrogen-bond acceptors (Lipinski definition) is 5. The monoisotopic (exact) mass is 456 g/mol. The second kappa shape index (κ2) is 9.43. The van der Waals surface area contributed by atoms with Crippen LogP contribution < -0.4 is 0 Å². The molecule has 178 valence electrons. The minimum absolute atomic E-state index is 0.170. The molecule has 1 spiro atoms. The molecular formula is C27H33FO5. The Kier molecular flexibility index (Phi) is 6.56. The van der Waals surface area contributed by atoms with E-state index < -0.39 is 17.7 Å². The number of ether oxygens (including phenoxy) is 3. The molecule has 0 N–H and O–H groups in total. The molecule has 3 saturated heterocycles. The Hall–Kier alpha value is -1.83. The van der Waals surface area contributed by atoms with Gasteiger partial charge in [-0.05, 0) is 67.3 Å². The van der Waals surface area contributed by atoms with Crippen LogP contribution in [0.25, 0.3) is 0 Å². The Morgan fingerprint density at radius 3 is 2.30 bits per heavy atom. The van der Waals surface area contributed by atoms with Crippen LogP contribution in [0.15, 0.2) is 48.5 Å². The van der Waals surface area contributed by atoms with E-state index >= 15 is 0 Å². The van der Waals surface area contributed by atoms with Gasteiger partial charge in [0.05, 0.1) is 13.2 Å². The zero-order valence-corrected chi connectivity index (χ0v) is 19.4. The smallest absolute Gasteiger partial charge is 0.204 e. The first-order valence-electron chi connectivity index (χ1n) is 12.0. The lowest BCUT2D eigenvalue weighted by molar-refractivity contribution is -0.553. The van der Waals surface area contributed by atoms with Gasteiger partial charge in [0.25, 0.3) is 0 Å². The average molecular weight is 457 g/mol. The number of rotatable bonds is 7. The van der Waals surface area contributed by atoms with Crippen LogP contribution in [0, 0.1) is 17.7 Å². The molecule has 0 radical (unpaired) electrons. The summed E-state index contributed by atoms with van der Waals surface area (Å²) in [4.78, 5) is 12.0. The van der Waals surface area contributed by atoms with E-state index in [4.69, 9.17) is 24.0 Å². The predicted octanol–water partition coefficient (Wildman–Crippen LogP) is 5.70. The molecule has 1 aliphatic carbocycles. The molecule has 0 amide bonds. The first kappa shape index (κ1) is 22.9. The Bertz CT molecular complexity index is 933. The topological polar surface area (TPSA) is 46.2 Å². The zero-order valence-electron chi connectivity index (χ0n) is 19.4. The fourth-order valence-electron chi connectivity index (χ4n) is 5.67. The van der Waals surface area contributed by atoms with Crippen molar-refractivity contribution in [2.45, 2.75) is 76.3 Å². The van der Waals surface area contributed by atoms with Crippen LogP contribution >= 0.6 is 0 Å². The van der Waals surface area contributed by atoms with Crippen LogP contribution in [0.1, 0.15) is 55.7 Å². The van der Waals surface area contributed by atoms with Crippen molar-refractivity contribution in [3.05, 3.63) is 71.0 Å². The molecule has 6 rings (SSSR count). The summed E-state index contributed by atoms with van der Waals surface area (Å²) in [5.41, 5.74) is 2.81. The molecule has 3 heterocycles. The van der Waals surface area contributed by atoms with E-state index in [1.165, 1.54) is 24.1 Å². The number of halogens is 1. The van der Waals surface area contributed by atoms with Crippen molar-refractivity contribution in [3.8, 4) is 0 Å². The molecule has 4 aliphatic rings. The van der Waals surface area contributed by atoms with Gasteiger partial charge < -0.3 is 14.2 Å². The van der Waals surface area contributed by atoms with Gasteiger partial charge in [-0.2, -0.15) is 0 Å². The van der Waals surface area contributed by atoms with Gasteiger partial charge in [0, 0.05) is 13.0 Å². The second-order valence-electron chi connectivity index (χ2n) is 9.84. The normalized spacial score (nSPS) is 33.5. The fraction of sp³-hybridized carbons (Fsp3) is 0.556. The Morgan fingerprint density at radius 2 is 1.61 bits per heavy atom. The second-order valence-corrected chi connectivity index (χ2v) is 9.84. The molecule has 1 saturated carbocycles. The van der Waals surface area contributed by atoms with Crippen LogP contribution in [0.4, 0.5) is 4.39 Å². The van der Waals surface area contributed by atoms with Crippen LogP contribution in [0.5, 0.6) is 0 Å². The van der Waals surface area contributed by atoms with E-state index in [0.29, 0.717) is 19.1 Å². The molecule has 2 aromatic rings. The quantitative estimate of drug-likeness (QED) is 0.500. The summed E-state index contributed by atoms with van der Waals surface area (Å²) in [7, 11) is 1.70. The predicted molar refractivity (Wildman–Crippen MR) is 120 cm³/mol. The minimum atomic E-state index is -0.833. The van der Waals surface area contributed by atoms with Gasteiger partial charge in [0.1, 0.15) is 5.82 Å². The van der Waals surface area contributed by atoms with Crippen LogP contribution in [0.2, 0.25) is 0 Å². The van der Waals surface area contributed by atoms with E-state index in [-0.39, 0.29) is 11.7 Å². The van der Waals surface area contributed by atoms with Crippen molar-refractivity contribution in [1.82, 2.24) is 0 Å². The summed E-state index contributed by atoms with van der Waals surface area (Å²) in [5, 5.41) is 0. The lowest BCUT2D eigenvalue weighted by Crippen LogP contribution is -2.60. The summed E-state index contributed by atoms with van der Waals surface area (Å²) < 4.78 is 31.0. The third-order valence-corrected chi connectivity index (χ3v) is 7.64. The summed E-state index contributed by atoms with van der Waals surface area (Å²) in [5.74, 6) is -0.531. The summed E-state index contributed by atoms with van der Waals surface area (Å²) in [6.45, 7) is 2.95. The van der Waals surface area contributed by atoms with Crippen LogP contribution in [0.3, 0.4) is 0 Å². The SMILES string of the molecule is CO[C@H]1O[C@@]2(C)OOC13CCCC[C@@H]3CC2Cc1ccc(COCc2ccc(F)cc2)cc1. The minimum Gasteiger partial charge on any atom is -0.372 e. The zero-order chi connectivity index (χ0) is 22.9. The van der Waals surface area contributed by atoms with Crippen molar-refractivity contribution >= 4 is 0 Å². The molecule has 0 aromatic heterocycles. The van der Waals surface area contributed by atoms with E-state index in [1.807, 2.05) is 6.92 Å². The molecule has 4 fully saturated rings. The molecule has 5 atom stereocenters. The molecule has 3 aliphatic heterocycles. The van der Waals surface area contributed by atoms with Crippen molar-refractivity contribution in [1.29, 1.82) is 0 Å². The summed E-state index contributed by atoms with van der Waals surface area (Å²) in [6, 6.07) is 14.9. The van der Waals surface area contributed by atoms with Crippen molar-refractivity contribution in [2.75, 3.05) is 7.11 Å². The summed E-state index contributed by atoms with van der Waals surface area (Å²) in [6.07, 6.45) is 5.79. The first-order chi connectivity index (χ1) is 16.0. The molecule has 5 nitrogen and oxygen atoms in total. The molecular weight excluding hydrogens is 423 g/mol. The Morgan fingerprint density at radius 1 is 0.939 bits per heavy atom. The Balaban J connectivity index is 1.23. The lowest BCUT2D eigenvalue weighted by atomic mass is 9.70. The lowest BCUT2D eigenvalue weighted by Gasteiger charge is -2.49. The van der Waals surface area contributed by atoms with Gasteiger partial charge in [-0.25, -0.2) is 14.2 Å². The number of fused-ring (bicyclic) bond motifs is 3. The molecule has 6 heteroatoms. The average Bonchev–Trinajstić information content (AvgIpc) is 3.02. The Labute approximate surface area is 195 Å². The third kappa shape index (κ3) is 4.60. The molecule has 33 heavy (non-hydrogen) atoms. The van der Waals surface area contributed by atoms with Gasteiger partial charge in [0.2, 0.25) is 5.79 Å². The van der Waals surface area contributed by atoms with Crippen LogP contribution in [-0.4, -0.2) is 24.8 Å². The largest absolute Gasteiger partial charge is 0.372 e. The van der Waals surface area contributed by atoms with E-state index in [1.54, 1.807) is 19.2 Å². The van der Waals surface area contributed by atoms with E-state index in [2.05, 4.69) is 24.3 Å². The summed E-state index contributed by atoms with van der Waals surface area (Å²) >= 11 is 0. The molecule has 2 aromatic carbocycles. The fourth-order valence-corrected chi connectivity index (χ4v) is 5.67. The van der Waals surface area contributed by atoms with Crippen molar-refractivity contribution in [2.24, 2.45) is 11.8 Å². The van der Waals surface area contributed by atoms with Gasteiger partial charge in [-0.1, -0.05) is 49.2 Å². The molecule has 2 bridgehead atoms. The highest BCUT2D eigenvalue weighted by Crippen LogP contribution is 2.54. The maximum atomic E-state index is 13.0. The van der Waals surface area contributed by atoms with Gasteiger partial charge in [-0.3, -0.25) is 0 Å². The molecule has 2 unspecified atom stereocenters. The number of benzene rings is 2. The standard InChI is InChI=1S/C27H33FO5/c1-26-23(16-22-5-3-4-14-27(22,33-32-26)25(29-2)31-26)15-19-6-8-20(9-7-19)17-30-18-21-10-12-24(28)13-11-21/h6-13,22-23,25H,3-5,14-18H2,1-2H3/t22-,23?,25+,26+,27?/m1/s1. The first-order valence-corrected chi connectivity index (χ1v) is 12.0. The van der Waals surface area contributed by atoms with E-state index in [0.717, 1.165) is 43.2 Å².